The molecule has 24 heavy (non-hydrogen) atoms. The highest BCUT2D eigenvalue weighted by molar-refractivity contribution is 6.02. The lowest BCUT2D eigenvalue weighted by molar-refractivity contribution is -0.123. The van der Waals surface area contributed by atoms with Crippen molar-refractivity contribution in [2.24, 2.45) is 11.7 Å². The van der Waals surface area contributed by atoms with Gasteiger partial charge in [-0.3, -0.25) is 14.5 Å². The van der Waals surface area contributed by atoms with E-state index in [-0.39, 0.29) is 24.2 Å². The first kappa shape index (κ1) is 18.2. The van der Waals surface area contributed by atoms with Gasteiger partial charge in [0.25, 0.3) is 0 Å². The summed E-state index contributed by atoms with van der Waals surface area (Å²) in [4.78, 5) is 40.8. The lowest BCUT2D eigenvalue weighted by atomic mass is 9.96. The first-order chi connectivity index (χ1) is 11.3. The van der Waals surface area contributed by atoms with Crippen molar-refractivity contribution in [3.8, 4) is 0 Å². The van der Waals surface area contributed by atoms with Crippen molar-refractivity contribution in [1.29, 1.82) is 0 Å². The van der Waals surface area contributed by atoms with Crippen molar-refractivity contribution < 1.29 is 19.1 Å². The molecule has 1 saturated heterocycles. The smallest absolute Gasteiger partial charge is 0.340 e. The number of aromatic amines is 1. The molecule has 1 aromatic heterocycles. The van der Waals surface area contributed by atoms with Crippen molar-refractivity contribution in [3.05, 3.63) is 22.5 Å². The molecule has 0 radical (unpaired) electrons. The van der Waals surface area contributed by atoms with Crippen molar-refractivity contribution in [2.45, 2.75) is 33.6 Å². The van der Waals surface area contributed by atoms with E-state index in [4.69, 9.17) is 10.5 Å². The molecule has 1 aliphatic heterocycles. The second kappa shape index (κ2) is 7.61. The number of amides is 1. The van der Waals surface area contributed by atoms with Crippen molar-refractivity contribution in [3.63, 3.8) is 0 Å². The van der Waals surface area contributed by atoms with Crippen LogP contribution in [0.4, 0.5) is 0 Å². The average Bonchev–Trinajstić information content (AvgIpc) is 2.83. The molecule has 0 spiro atoms. The average molecular weight is 335 g/mol. The first-order valence-electron chi connectivity index (χ1n) is 8.26. The highest BCUT2D eigenvalue weighted by Gasteiger charge is 2.27. The number of ketones is 1. The number of piperidine rings is 1. The minimum atomic E-state index is -0.412. The Bertz CT molecular complexity index is 643. The molecule has 1 amide bonds. The molecule has 0 saturated carbocycles. The van der Waals surface area contributed by atoms with Crippen LogP contribution in [0.3, 0.4) is 0 Å². The van der Waals surface area contributed by atoms with Crippen molar-refractivity contribution in [1.82, 2.24) is 9.88 Å². The van der Waals surface area contributed by atoms with Gasteiger partial charge < -0.3 is 15.5 Å². The van der Waals surface area contributed by atoms with E-state index in [2.05, 4.69) is 4.98 Å². The van der Waals surface area contributed by atoms with Crippen LogP contribution in [0.2, 0.25) is 0 Å². The van der Waals surface area contributed by atoms with E-state index in [1.54, 1.807) is 20.8 Å². The topological polar surface area (TPSA) is 105 Å². The summed E-state index contributed by atoms with van der Waals surface area (Å²) in [5.74, 6) is -0.842. The Morgan fingerprint density at radius 1 is 1.25 bits per heavy atom. The van der Waals surface area contributed by atoms with E-state index >= 15 is 0 Å². The molecule has 0 unspecified atom stereocenters. The summed E-state index contributed by atoms with van der Waals surface area (Å²) in [6.07, 6.45) is 1.36. The van der Waals surface area contributed by atoms with E-state index in [1.807, 2.05) is 4.90 Å². The van der Waals surface area contributed by atoms with E-state index in [0.29, 0.717) is 55.1 Å². The normalized spacial score (nSPS) is 16.1. The molecule has 3 N–H and O–H groups in total. The fourth-order valence-corrected chi connectivity index (χ4v) is 3.20. The number of nitrogens with zero attached hydrogens (tertiary/aromatic N) is 1. The van der Waals surface area contributed by atoms with Gasteiger partial charge in [0.1, 0.15) is 0 Å². The zero-order valence-corrected chi connectivity index (χ0v) is 14.5. The number of hydrogen-bond acceptors (Lipinski definition) is 5. The number of aromatic nitrogens is 1. The monoisotopic (exact) mass is 335 g/mol. The van der Waals surface area contributed by atoms with Gasteiger partial charge in [-0.05, 0) is 52.3 Å². The molecule has 2 rings (SSSR count). The minimum Gasteiger partial charge on any atom is -0.462 e. The van der Waals surface area contributed by atoms with Crippen LogP contribution in [0.25, 0.3) is 0 Å². The maximum Gasteiger partial charge on any atom is 0.340 e. The summed E-state index contributed by atoms with van der Waals surface area (Å²) in [6.45, 7) is 7.15. The SMILES string of the molecule is CCOC(=O)c1c(C)[nH]c(C(=O)CN2CCC(C(N)=O)CC2)c1C. The minimum absolute atomic E-state index is 0.0660. The summed E-state index contributed by atoms with van der Waals surface area (Å²) < 4.78 is 5.04. The van der Waals surface area contributed by atoms with Gasteiger partial charge in [-0.2, -0.15) is 0 Å². The maximum absolute atomic E-state index is 12.6. The van der Waals surface area contributed by atoms with Crippen LogP contribution in [0.15, 0.2) is 0 Å². The number of rotatable bonds is 6. The molecular weight excluding hydrogens is 310 g/mol. The Balaban J connectivity index is 2.05. The largest absolute Gasteiger partial charge is 0.462 e. The molecule has 7 nitrogen and oxygen atoms in total. The number of nitrogens with one attached hydrogen (secondary N) is 1. The number of Topliss-reactive ketones (excluding diaryl/α,β-unsaturated/α-hetero) is 1. The maximum atomic E-state index is 12.6. The third-order valence-corrected chi connectivity index (χ3v) is 4.55. The number of likely N-dealkylation sites (tertiary alicyclic amines) is 1. The van der Waals surface area contributed by atoms with Gasteiger partial charge in [-0.25, -0.2) is 4.79 Å². The molecule has 1 aliphatic rings. The molecule has 2 heterocycles. The Hall–Kier alpha value is -2.15. The standard InChI is InChI=1S/C17H25N3O4/c1-4-24-17(23)14-10(2)15(19-11(14)3)13(21)9-20-7-5-12(6-8-20)16(18)22/h12,19H,4-9H2,1-3H3,(H2,18,22). The number of primary amides is 1. The molecule has 1 fully saturated rings. The number of carbonyl (C=O) groups is 3. The molecule has 0 atom stereocenters. The number of H-pyrrole nitrogens is 1. The number of aryl methyl sites for hydroxylation is 1. The van der Waals surface area contributed by atoms with Crippen LogP contribution in [0, 0.1) is 19.8 Å². The third kappa shape index (κ3) is 3.84. The summed E-state index contributed by atoms with van der Waals surface area (Å²) in [6, 6.07) is 0. The van der Waals surface area contributed by atoms with Gasteiger partial charge in [0, 0.05) is 11.6 Å². The lowest BCUT2D eigenvalue weighted by Crippen LogP contribution is -2.41. The Labute approximate surface area is 141 Å². The number of hydrogen-bond donors (Lipinski definition) is 2. The summed E-state index contributed by atoms with van der Waals surface area (Å²) in [5.41, 5.74) is 7.48. The van der Waals surface area contributed by atoms with Crippen LogP contribution in [-0.2, 0) is 9.53 Å². The van der Waals surface area contributed by atoms with Gasteiger partial charge in [-0.15, -0.1) is 0 Å². The predicted molar refractivity (Wildman–Crippen MR) is 88.9 cm³/mol. The summed E-state index contributed by atoms with van der Waals surface area (Å²) in [7, 11) is 0. The molecule has 132 valence electrons. The van der Waals surface area contributed by atoms with Gasteiger partial charge in [0.15, 0.2) is 5.78 Å². The lowest BCUT2D eigenvalue weighted by Gasteiger charge is -2.29. The number of ether oxygens (including phenoxy) is 1. The highest BCUT2D eigenvalue weighted by atomic mass is 16.5. The molecule has 0 aromatic carbocycles. The van der Waals surface area contributed by atoms with Gasteiger partial charge >= 0.3 is 5.97 Å². The van der Waals surface area contributed by atoms with Crippen LogP contribution < -0.4 is 5.73 Å². The van der Waals surface area contributed by atoms with Crippen molar-refractivity contribution >= 4 is 17.7 Å². The quantitative estimate of drug-likeness (QED) is 0.600. The van der Waals surface area contributed by atoms with Gasteiger partial charge in [0.05, 0.1) is 24.4 Å². The highest BCUT2D eigenvalue weighted by Crippen LogP contribution is 2.21. The van der Waals surface area contributed by atoms with Crippen molar-refractivity contribution in [2.75, 3.05) is 26.2 Å². The second-order valence-corrected chi connectivity index (χ2v) is 6.22. The number of nitrogens with two attached hydrogens (primary N) is 1. The van der Waals surface area contributed by atoms with Crippen LogP contribution in [0.5, 0.6) is 0 Å². The Morgan fingerprint density at radius 3 is 2.42 bits per heavy atom. The zero-order valence-electron chi connectivity index (χ0n) is 14.5. The summed E-state index contributed by atoms with van der Waals surface area (Å²) in [5, 5.41) is 0. The fraction of sp³-hybridized carbons (Fsp3) is 0.588. The van der Waals surface area contributed by atoms with Crippen LogP contribution in [-0.4, -0.2) is 53.8 Å². The van der Waals surface area contributed by atoms with Crippen LogP contribution in [0.1, 0.15) is 51.9 Å². The zero-order chi connectivity index (χ0) is 17.9. The predicted octanol–water partition coefficient (Wildman–Crippen LogP) is 1.19. The van der Waals surface area contributed by atoms with E-state index in [9.17, 15) is 14.4 Å². The Kier molecular flexibility index (Phi) is 5.77. The summed E-state index contributed by atoms with van der Waals surface area (Å²) >= 11 is 0. The molecule has 7 heteroatoms. The molecule has 0 aliphatic carbocycles. The fourth-order valence-electron chi connectivity index (χ4n) is 3.20. The first-order valence-corrected chi connectivity index (χ1v) is 8.26. The number of carbonyl (C=O) groups excluding carboxylic acids is 3. The van der Waals surface area contributed by atoms with E-state index < -0.39 is 5.97 Å². The van der Waals surface area contributed by atoms with E-state index in [0.717, 1.165) is 0 Å². The van der Waals surface area contributed by atoms with Crippen LogP contribution >= 0.6 is 0 Å². The second-order valence-electron chi connectivity index (χ2n) is 6.22. The molecular formula is C17H25N3O4. The van der Waals surface area contributed by atoms with Gasteiger partial charge in [-0.1, -0.05) is 0 Å². The number of esters is 1. The van der Waals surface area contributed by atoms with Gasteiger partial charge in [0.2, 0.25) is 5.91 Å². The third-order valence-electron chi connectivity index (χ3n) is 4.55. The molecule has 1 aromatic rings. The van der Waals surface area contributed by atoms with E-state index in [1.165, 1.54) is 0 Å². The Morgan fingerprint density at radius 2 is 1.88 bits per heavy atom. The molecule has 0 bridgehead atoms.